The Bertz CT molecular complexity index is 614. The van der Waals surface area contributed by atoms with Crippen LogP contribution < -0.4 is 15.8 Å². The minimum atomic E-state index is -0.272. The largest absolute Gasteiger partial charge is 0.495 e. The van der Waals surface area contributed by atoms with Crippen molar-refractivity contribution < 1.29 is 9.53 Å². The third-order valence-corrected chi connectivity index (χ3v) is 2.95. The zero-order valence-corrected chi connectivity index (χ0v) is 11.1. The number of para-hydroxylation sites is 2. The number of methoxy groups -OCH3 is 1. The first-order chi connectivity index (χ1) is 9.11. The minimum Gasteiger partial charge on any atom is -0.495 e. The van der Waals surface area contributed by atoms with Gasteiger partial charge in [0.15, 0.2) is 0 Å². The van der Waals surface area contributed by atoms with Crippen LogP contribution in [0.2, 0.25) is 5.02 Å². The Balaban J connectivity index is 2.23. The molecule has 2 aromatic rings. The summed E-state index contributed by atoms with van der Waals surface area (Å²) in [7, 11) is 1.55. The van der Waals surface area contributed by atoms with Gasteiger partial charge < -0.3 is 15.8 Å². The number of amides is 1. The number of anilines is 2. The molecular weight excluding hydrogens is 264 g/mol. The predicted molar refractivity (Wildman–Crippen MR) is 76.8 cm³/mol. The maximum atomic E-state index is 12.1. The highest BCUT2D eigenvalue weighted by Gasteiger charge is 2.10. The highest BCUT2D eigenvalue weighted by atomic mass is 35.5. The molecule has 5 heteroatoms. The lowest BCUT2D eigenvalue weighted by Gasteiger charge is -2.10. The molecular formula is C14H13ClN2O2. The Hall–Kier alpha value is -2.20. The van der Waals surface area contributed by atoms with E-state index >= 15 is 0 Å². The molecule has 0 aliphatic carbocycles. The fraction of sp³-hybridized carbons (Fsp3) is 0.0714. The fourth-order valence-corrected chi connectivity index (χ4v) is 1.79. The van der Waals surface area contributed by atoms with E-state index in [0.29, 0.717) is 27.7 Å². The SMILES string of the molecule is COc1ccccc1NC(=O)c1ccc(N)c(Cl)c1. The molecule has 0 aliphatic rings. The first-order valence-corrected chi connectivity index (χ1v) is 5.99. The quantitative estimate of drug-likeness (QED) is 0.846. The summed E-state index contributed by atoms with van der Waals surface area (Å²) in [6.07, 6.45) is 0. The molecule has 0 aliphatic heterocycles. The molecule has 0 heterocycles. The van der Waals surface area contributed by atoms with Crippen LogP contribution in [0.15, 0.2) is 42.5 Å². The minimum absolute atomic E-state index is 0.272. The molecule has 0 atom stereocenters. The molecule has 0 saturated heterocycles. The summed E-state index contributed by atoms with van der Waals surface area (Å²) >= 11 is 5.89. The average molecular weight is 277 g/mol. The van der Waals surface area contributed by atoms with E-state index in [0.717, 1.165) is 0 Å². The number of hydrogen-bond donors (Lipinski definition) is 2. The number of nitrogen functional groups attached to an aromatic ring is 1. The van der Waals surface area contributed by atoms with Gasteiger partial charge in [0.25, 0.3) is 5.91 Å². The van der Waals surface area contributed by atoms with E-state index in [9.17, 15) is 4.79 Å². The lowest BCUT2D eigenvalue weighted by atomic mass is 10.2. The van der Waals surface area contributed by atoms with Crippen molar-refractivity contribution in [3.05, 3.63) is 53.1 Å². The van der Waals surface area contributed by atoms with E-state index in [1.807, 2.05) is 12.1 Å². The Kier molecular flexibility index (Phi) is 3.92. The standard InChI is InChI=1S/C14H13ClN2O2/c1-19-13-5-3-2-4-12(13)17-14(18)9-6-7-11(16)10(15)8-9/h2-8H,16H2,1H3,(H,17,18). The highest BCUT2D eigenvalue weighted by molar-refractivity contribution is 6.33. The van der Waals surface area contributed by atoms with Gasteiger partial charge in [0.1, 0.15) is 5.75 Å². The third-order valence-electron chi connectivity index (χ3n) is 2.62. The van der Waals surface area contributed by atoms with Crippen LogP contribution in [0.4, 0.5) is 11.4 Å². The Labute approximate surface area is 116 Å². The van der Waals surface area contributed by atoms with Gasteiger partial charge in [0, 0.05) is 5.56 Å². The summed E-state index contributed by atoms with van der Waals surface area (Å²) in [5, 5.41) is 3.12. The molecule has 19 heavy (non-hydrogen) atoms. The molecule has 2 aromatic carbocycles. The lowest BCUT2D eigenvalue weighted by molar-refractivity contribution is 0.102. The topological polar surface area (TPSA) is 64.3 Å². The first kappa shape index (κ1) is 13.2. The van der Waals surface area contributed by atoms with Crippen molar-refractivity contribution in [1.29, 1.82) is 0 Å². The number of ether oxygens (including phenoxy) is 1. The van der Waals surface area contributed by atoms with Crippen molar-refractivity contribution in [2.24, 2.45) is 0 Å². The monoisotopic (exact) mass is 276 g/mol. The molecule has 3 N–H and O–H groups in total. The van der Waals surface area contributed by atoms with Crippen LogP contribution in [0.5, 0.6) is 5.75 Å². The molecule has 0 bridgehead atoms. The number of carbonyl (C=O) groups excluding carboxylic acids is 1. The normalized spacial score (nSPS) is 10.0. The van der Waals surface area contributed by atoms with Gasteiger partial charge in [0.05, 0.1) is 23.5 Å². The third kappa shape index (κ3) is 2.98. The lowest BCUT2D eigenvalue weighted by Crippen LogP contribution is -2.12. The molecule has 0 spiro atoms. The second-order valence-electron chi connectivity index (χ2n) is 3.89. The van der Waals surface area contributed by atoms with Crippen molar-refractivity contribution in [3.8, 4) is 5.75 Å². The molecule has 0 radical (unpaired) electrons. The molecule has 1 amide bonds. The van der Waals surface area contributed by atoms with E-state index in [-0.39, 0.29) is 5.91 Å². The smallest absolute Gasteiger partial charge is 0.255 e. The van der Waals surface area contributed by atoms with E-state index in [4.69, 9.17) is 22.1 Å². The Morgan fingerprint density at radius 3 is 2.68 bits per heavy atom. The number of hydrogen-bond acceptors (Lipinski definition) is 3. The average Bonchev–Trinajstić information content (AvgIpc) is 2.42. The fourth-order valence-electron chi connectivity index (χ4n) is 1.61. The van der Waals surface area contributed by atoms with Crippen LogP contribution in [0, 0.1) is 0 Å². The second kappa shape index (κ2) is 5.63. The van der Waals surface area contributed by atoms with Crippen molar-refractivity contribution in [3.63, 3.8) is 0 Å². The van der Waals surface area contributed by atoms with E-state index in [2.05, 4.69) is 5.32 Å². The van der Waals surface area contributed by atoms with Crippen LogP contribution >= 0.6 is 11.6 Å². The van der Waals surface area contributed by atoms with Crippen LogP contribution in [0.25, 0.3) is 0 Å². The van der Waals surface area contributed by atoms with Gasteiger partial charge in [-0.05, 0) is 30.3 Å². The Morgan fingerprint density at radius 1 is 1.26 bits per heavy atom. The van der Waals surface area contributed by atoms with Gasteiger partial charge >= 0.3 is 0 Å². The molecule has 98 valence electrons. The zero-order chi connectivity index (χ0) is 13.8. The van der Waals surface area contributed by atoms with Crippen molar-refractivity contribution in [1.82, 2.24) is 0 Å². The maximum Gasteiger partial charge on any atom is 0.255 e. The van der Waals surface area contributed by atoms with Crippen molar-refractivity contribution in [2.75, 3.05) is 18.2 Å². The number of nitrogens with one attached hydrogen (secondary N) is 1. The summed E-state index contributed by atoms with van der Waals surface area (Å²) in [6, 6.07) is 11.9. The van der Waals surface area contributed by atoms with Gasteiger partial charge in [-0.2, -0.15) is 0 Å². The number of carbonyl (C=O) groups is 1. The second-order valence-corrected chi connectivity index (χ2v) is 4.30. The molecule has 0 aromatic heterocycles. The number of nitrogens with two attached hydrogens (primary N) is 1. The zero-order valence-electron chi connectivity index (χ0n) is 10.3. The number of rotatable bonds is 3. The van der Waals surface area contributed by atoms with E-state index in [1.165, 1.54) is 6.07 Å². The molecule has 0 saturated carbocycles. The van der Waals surface area contributed by atoms with E-state index < -0.39 is 0 Å². The van der Waals surface area contributed by atoms with Gasteiger partial charge in [-0.25, -0.2) is 0 Å². The Morgan fingerprint density at radius 2 is 2.00 bits per heavy atom. The summed E-state index contributed by atoms with van der Waals surface area (Å²) in [6.45, 7) is 0. The summed E-state index contributed by atoms with van der Waals surface area (Å²) < 4.78 is 5.16. The molecule has 0 unspecified atom stereocenters. The summed E-state index contributed by atoms with van der Waals surface area (Å²) in [5.41, 5.74) is 7.08. The maximum absolute atomic E-state index is 12.1. The predicted octanol–water partition coefficient (Wildman–Crippen LogP) is 3.18. The van der Waals surface area contributed by atoms with Gasteiger partial charge in [0.2, 0.25) is 0 Å². The van der Waals surface area contributed by atoms with Crippen LogP contribution in [0.1, 0.15) is 10.4 Å². The van der Waals surface area contributed by atoms with Crippen molar-refractivity contribution in [2.45, 2.75) is 0 Å². The van der Waals surface area contributed by atoms with Crippen LogP contribution in [-0.2, 0) is 0 Å². The van der Waals surface area contributed by atoms with E-state index in [1.54, 1.807) is 31.4 Å². The number of halogens is 1. The van der Waals surface area contributed by atoms with Crippen LogP contribution in [-0.4, -0.2) is 13.0 Å². The first-order valence-electron chi connectivity index (χ1n) is 5.61. The van der Waals surface area contributed by atoms with Gasteiger partial charge in [-0.15, -0.1) is 0 Å². The highest BCUT2D eigenvalue weighted by Crippen LogP contribution is 2.25. The van der Waals surface area contributed by atoms with Crippen LogP contribution in [0.3, 0.4) is 0 Å². The molecule has 2 rings (SSSR count). The summed E-state index contributed by atoms with van der Waals surface area (Å²) in [4.78, 5) is 12.1. The van der Waals surface area contributed by atoms with Crippen molar-refractivity contribution >= 4 is 28.9 Å². The van der Waals surface area contributed by atoms with Gasteiger partial charge in [-0.3, -0.25) is 4.79 Å². The summed E-state index contributed by atoms with van der Waals surface area (Å²) in [5.74, 6) is 0.323. The number of benzene rings is 2. The molecule has 4 nitrogen and oxygen atoms in total. The van der Waals surface area contributed by atoms with Gasteiger partial charge in [-0.1, -0.05) is 23.7 Å². The molecule has 0 fully saturated rings.